The summed E-state index contributed by atoms with van der Waals surface area (Å²) in [6.45, 7) is 0. The van der Waals surface area contributed by atoms with Crippen molar-refractivity contribution in [2.75, 3.05) is 0 Å². The maximum absolute atomic E-state index is 12.4. The Balaban J connectivity index is 1.84. The second-order valence-corrected chi connectivity index (χ2v) is 6.70. The molecule has 25 heavy (non-hydrogen) atoms. The van der Waals surface area contributed by atoms with Crippen molar-refractivity contribution in [3.8, 4) is 0 Å². The van der Waals surface area contributed by atoms with Crippen LogP contribution in [0.5, 0.6) is 0 Å². The van der Waals surface area contributed by atoms with E-state index in [2.05, 4.69) is 21.2 Å². The summed E-state index contributed by atoms with van der Waals surface area (Å²) in [6.07, 6.45) is 0.344. The van der Waals surface area contributed by atoms with Gasteiger partial charge in [0.2, 0.25) is 5.91 Å². The van der Waals surface area contributed by atoms with Crippen molar-refractivity contribution in [1.29, 1.82) is 0 Å². The van der Waals surface area contributed by atoms with Gasteiger partial charge in [0, 0.05) is 16.5 Å². The average molecular weight is 397 g/mol. The Kier molecular flexibility index (Phi) is 5.14. The predicted molar refractivity (Wildman–Crippen MR) is 102 cm³/mol. The topological polar surface area (TPSA) is 72.2 Å². The summed E-state index contributed by atoms with van der Waals surface area (Å²) >= 11 is 3.33. The standard InChI is InChI=1S/C20H17BrN2O2/c21-16-9-4-8-15(11-16)20(25)23-18(19(22)24)12-14-7-3-6-13-5-1-2-10-17(13)14/h1-11,18H,12H2,(H2,22,24)(H,23,25)/t18-/m0/s1. The Hall–Kier alpha value is -2.66. The van der Waals surface area contributed by atoms with Crippen molar-refractivity contribution in [1.82, 2.24) is 5.32 Å². The Labute approximate surface area is 154 Å². The molecule has 0 aliphatic carbocycles. The van der Waals surface area contributed by atoms with Gasteiger partial charge < -0.3 is 11.1 Å². The highest BCUT2D eigenvalue weighted by Gasteiger charge is 2.20. The lowest BCUT2D eigenvalue weighted by Gasteiger charge is -2.17. The number of nitrogens with two attached hydrogens (primary N) is 1. The molecule has 0 aliphatic heterocycles. The van der Waals surface area contributed by atoms with Gasteiger partial charge in [-0.3, -0.25) is 9.59 Å². The summed E-state index contributed by atoms with van der Waals surface area (Å²) in [7, 11) is 0. The zero-order chi connectivity index (χ0) is 17.8. The second-order valence-electron chi connectivity index (χ2n) is 5.78. The molecule has 2 amide bonds. The lowest BCUT2D eigenvalue weighted by atomic mass is 9.98. The first-order valence-corrected chi connectivity index (χ1v) is 8.66. The fourth-order valence-corrected chi connectivity index (χ4v) is 3.18. The molecule has 0 fully saturated rings. The molecule has 126 valence electrons. The van der Waals surface area contributed by atoms with Crippen LogP contribution in [0.4, 0.5) is 0 Å². The van der Waals surface area contributed by atoms with Gasteiger partial charge in [0.1, 0.15) is 6.04 Å². The van der Waals surface area contributed by atoms with Crippen LogP contribution in [0.15, 0.2) is 71.2 Å². The lowest BCUT2D eigenvalue weighted by Crippen LogP contribution is -2.45. The molecule has 0 aliphatic rings. The third kappa shape index (κ3) is 4.06. The van der Waals surface area contributed by atoms with E-state index in [9.17, 15) is 9.59 Å². The SMILES string of the molecule is NC(=O)[C@H](Cc1cccc2ccccc12)NC(=O)c1cccc(Br)c1. The highest BCUT2D eigenvalue weighted by molar-refractivity contribution is 9.10. The maximum Gasteiger partial charge on any atom is 0.251 e. The number of hydrogen-bond acceptors (Lipinski definition) is 2. The molecule has 3 aromatic carbocycles. The van der Waals surface area contributed by atoms with Gasteiger partial charge in [-0.25, -0.2) is 0 Å². The lowest BCUT2D eigenvalue weighted by molar-refractivity contribution is -0.119. The van der Waals surface area contributed by atoms with Crippen molar-refractivity contribution in [2.24, 2.45) is 5.73 Å². The van der Waals surface area contributed by atoms with Crippen LogP contribution in [0, 0.1) is 0 Å². The molecular formula is C20H17BrN2O2. The van der Waals surface area contributed by atoms with Crippen LogP contribution in [-0.2, 0) is 11.2 Å². The van der Waals surface area contributed by atoms with Crippen LogP contribution >= 0.6 is 15.9 Å². The Morgan fingerprint density at radius 1 is 1.00 bits per heavy atom. The molecular weight excluding hydrogens is 380 g/mol. The van der Waals surface area contributed by atoms with E-state index in [-0.39, 0.29) is 5.91 Å². The van der Waals surface area contributed by atoms with Crippen LogP contribution in [0.1, 0.15) is 15.9 Å². The van der Waals surface area contributed by atoms with E-state index in [1.165, 1.54) is 0 Å². The van der Waals surface area contributed by atoms with Crippen molar-refractivity contribution in [3.63, 3.8) is 0 Å². The number of amides is 2. The molecule has 1 atom stereocenters. The van der Waals surface area contributed by atoms with E-state index in [4.69, 9.17) is 5.73 Å². The summed E-state index contributed by atoms with van der Waals surface area (Å²) in [5.41, 5.74) is 6.96. The van der Waals surface area contributed by atoms with Crippen LogP contribution in [0.25, 0.3) is 10.8 Å². The predicted octanol–water partition coefficient (Wildman–Crippen LogP) is 3.43. The summed E-state index contributed by atoms with van der Waals surface area (Å²) in [4.78, 5) is 24.3. The van der Waals surface area contributed by atoms with Crippen molar-refractivity contribution >= 4 is 38.5 Å². The number of primary amides is 1. The largest absolute Gasteiger partial charge is 0.368 e. The zero-order valence-corrected chi connectivity index (χ0v) is 15.0. The first kappa shape index (κ1) is 17.2. The van der Waals surface area contributed by atoms with Crippen LogP contribution in [0.3, 0.4) is 0 Å². The molecule has 0 radical (unpaired) electrons. The maximum atomic E-state index is 12.4. The Morgan fingerprint density at radius 2 is 1.72 bits per heavy atom. The number of carbonyl (C=O) groups is 2. The molecule has 3 N–H and O–H groups in total. The second kappa shape index (κ2) is 7.49. The van der Waals surface area contributed by atoms with E-state index in [1.807, 2.05) is 48.5 Å². The molecule has 0 heterocycles. The minimum Gasteiger partial charge on any atom is -0.368 e. The molecule has 0 spiro atoms. The normalized spacial score (nSPS) is 11.9. The van der Waals surface area contributed by atoms with Gasteiger partial charge in [-0.2, -0.15) is 0 Å². The molecule has 3 rings (SSSR count). The summed E-state index contributed by atoms with van der Waals surface area (Å²) < 4.78 is 0.796. The number of hydrogen-bond donors (Lipinski definition) is 2. The Morgan fingerprint density at radius 3 is 2.48 bits per heavy atom. The number of carbonyl (C=O) groups excluding carboxylic acids is 2. The first-order chi connectivity index (χ1) is 12.0. The quantitative estimate of drug-likeness (QED) is 0.693. The molecule has 4 nitrogen and oxygen atoms in total. The molecule has 0 bridgehead atoms. The van der Waals surface area contributed by atoms with Gasteiger partial charge in [0.15, 0.2) is 0 Å². The smallest absolute Gasteiger partial charge is 0.251 e. The number of fused-ring (bicyclic) bond motifs is 1. The number of nitrogens with one attached hydrogen (secondary N) is 1. The van der Waals surface area contributed by atoms with Gasteiger partial charge >= 0.3 is 0 Å². The first-order valence-electron chi connectivity index (χ1n) is 7.87. The van der Waals surface area contributed by atoms with E-state index >= 15 is 0 Å². The van der Waals surface area contributed by atoms with Crippen LogP contribution in [-0.4, -0.2) is 17.9 Å². The molecule has 3 aromatic rings. The van der Waals surface area contributed by atoms with E-state index in [0.717, 1.165) is 20.8 Å². The molecule has 0 saturated carbocycles. The summed E-state index contributed by atoms with van der Waals surface area (Å²) in [6, 6.07) is 20.0. The van der Waals surface area contributed by atoms with Gasteiger partial charge in [0.05, 0.1) is 0 Å². The van der Waals surface area contributed by atoms with Crippen LogP contribution in [0.2, 0.25) is 0 Å². The van der Waals surface area contributed by atoms with E-state index < -0.39 is 11.9 Å². The highest BCUT2D eigenvalue weighted by atomic mass is 79.9. The molecule has 0 saturated heterocycles. The monoisotopic (exact) mass is 396 g/mol. The minimum atomic E-state index is -0.780. The van der Waals surface area contributed by atoms with Gasteiger partial charge in [-0.1, -0.05) is 64.5 Å². The minimum absolute atomic E-state index is 0.328. The molecule has 0 aromatic heterocycles. The van der Waals surface area contributed by atoms with Gasteiger partial charge in [-0.05, 0) is 34.5 Å². The zero-order valence-electron chi connectivity index (χ0n) is 13.4. The summed E-state index contributed by atoms with van der Waals surface area (Å²) in [5.74, 6) is -0.887. The fourth-order valence-electron chi connectivity index (χ4n) is 2.78. The number of halogens is 1. The third-order valence-corrected chi connectivity index (χ3v) is 4.53. The van der Waals surface area contributed by atoms with Crippen molar-refractivity contribution in [3.05, 3.63) is 82.3 Å². The summed E-state index contributed by atoms with van der Waals surface area (Å²) in [5, 5.41) is 4.87. The number of rotatable bonds is 5. The fraction of sp³-hybridized carbons (Fsp3) is 0.100. The molecule has 0 unspecified atom stereocenters. The highest BCUT2D eigenvalue weighted by Crippen LogP contribution is 2.20. The van der Waals surface area contributed by atoms with Crippen molar-refractivity contribution < 1.29 is 9.59 Å². The third-order valence-electron chi connectivity index (χ3n) is 4.04. The Bertz CT molecular complexity index is 934. The van der Waals surface area contributed by atoms with E-state index in [1.54, 1.807) is 18.2 Å². The van der Waals surface area contributed by atoms with Gasteiger partial charge in [0.25, 0.3) is 5.91 Å². The average Bonchev–Trinajstić information content (AvgIpc) is 2.61. The number of benzene rings is 3. The van der Waals surface area contributed by atoms with Gasteiger partial charge in [-0.15, -0.1) is 0 Å². The van der Waals surface area contributed by atoms with E-state index in [0.29, 0.717) is 12.0 Å². The molecule has 5 heteroatoms. The van der Waals surface area contributed by atoms with Crippen LogP contribution < -0.4 is 11.1 Å². The van der Waals surface area contributed by atoms with Crippen molar-refractivity contribution in [2.45, 2.75) is 12.5 Å².